The van der Waals surface area contributed by atoms with Crippen LogP contribution in [0.5, 0.6) is 0 Å². The number of ketones is 1. The Labute approximate surface area is 246 Å². The Bertz CT molecular complexity index is 1070. The molecule has 40 heavy (non-hydrogen) atoms. The van der Waals surface area contributed by atoms with Crippen LogP contribution in [0.15, 0.2) is 24.8 Å². The molecule has 5 heteroatoms. The number of amides is 1. The van der Waals surface area contributed by atoms with E-state index in [0.717, 1.165) is 51.4 Å². The van der Waals surface area contributed by atoms with E-state index in [4.69, 9.17) is 4.74 Å². The minimum Gasteiger partial charge on any atom is -0.462 e. The average molecular weight is 558 g/mol. The van der Waals surface area contributed by atoms with Crippen molar-refractivity contribution in [2.24, 2.45) is 51.2 Å². The fourth-order valence-electron chi connectivity index (χ4n) is 10.8. The number of allylic oxidation sites excluding steroid dienone is 2. The molecule has 0 aromatic heterocycles. The van der Waals surface area contributed by atoms with Gasteiger partial charge in [0, 0.05) is 33.1 Å². The number of hydrogen-bond acceptors (Lipinski definition) is 4. The van der Waals surface area contributed by atoms with Gasteiger partial charge in [-0.25, -0.2) is 0 Å². The first-order chi connectivity index (χ1) is 18.6. The van der Waals surface area contributed by atoms with Crippen LogP contribution in [0, 0.1) is 51.2 Å². The Kier molecular flexibility index (Phi) is 8.33. The van der Waals surface area contributed by atoms with E-state index in [1.165, 1.54) is 18.9 Å². The zero-order chi connectivity index (χ0) is 29.8. The first-order valence-electron chi connectivity index (χ1n) is 15.9. The van der Waals surface area contributed by atoms with Gasteiger partial charge in [0.15, 0.2) is 5.78 Å². The summed E-state index contributed by atoms with van der Waals surface area (Å²) in [5, 5.41) is 3.16. The molecule has 0 spiro atoms. The number of rotatable bonds is 3. The second kappa shape index (κ2) is 10.7. The predicted molar refractivity (Wildman–Crippen MR) is 165 cm³/mol. The maximum Gasteiger partial charge on any atom is 0.302 e. The zero-order valence-electron chi connectivity index (χ0n) is 26.5. The quantitative estimate of drug-likeness (QED) is 0.282. The second-order valence-corrected chi connectivity index (χ2v) is 15.5. The lowest BCUT2D eigenvalue weighted by Crippen LogP contribution is -2.64. The molecule has 0 aliphatic heterocycles. The van der Waals surface area contributed by atoms with Crippen molar-refractivity contribution in [3.05, 3.63) is 24.8 Å². The van der Waals surface area contributed by atoms with Crippen molar-refractivity contribution in [2.75, 3.05) is 0 Å². The molecule has 0 saturated heterocycles. The highest BCUT2D eigenvalue weighted by Gasteiger charge is 2.67. The zero-order valence-corrected chi connectivity index (χ0v) is 26.5. The van der Waals surface area contributed by atoms with Crippen LogP contribution in [-0.4, -0.2) is 29.8 Å². The van der Waals surface area contributed by atoms with Gasteiger partial charge < -0.3 is 10.1 Å². The number of esters is 1. The molecule has 1 N–H and O–H groups in total. The smallest absolute Gasteiger partial charge is 0.302 e. The van der Waals surface area contributed by atoms with E-state index in [9.17, 15) is 14.4 Å². The van der Waals surface area contributed by atoms with Crippen molar-refractivity contribution < 1.29 is 22.0 Å². The van der Waals surface area contributed by atoms with Crippen LogP contribution >= 0.6 is 0 Å². The molecule has 4 saturated carbocycles. The topological polar surface area (TPSA) is 72.5 Å². The summed E-state index contributed by atoms with van der Waals surface area (Å²) in [4.78, 5) is 39.2. The molecule has 9 atom stereocenters. The summed E-state index contributed by atoms with van der Waals surface area (Å²) in [5.41, 5.74) is 1.26. The third-order valence-electron chi connectivity index (χ3n) is 12.5. The van der Waals surface area contributed by atoms with Gasteiger partial charge in [0.1, 0.15) is 6.10 Å². The van der Waals surface area contributed by atoms with Gasteiger partial charge in [0.25, 0.3) is 0 Å². The molecule has 5 nitrogen and oxygen atoms in total. The van der Waals surface area contributed by atoms with E-state index < -0.39 is 0 Å². The first-order valence-corrected chi connectivity index (χ1v) is 15.9. The van der Waals surface area contributed by atoms with Gasteiger partial charge in [-0.1, -0.05) is 40.2 Å². The van der Waals surface area contributed by atoms with Gasteiger partial charge in [-0.05, 0) is 112 Å². The van der Waals surface area contributed by atoms with E-state index in [1.54, 1.807) is 0 Å². The summed E-state index contributed by atoms with van der Waals surface area (Å²) in [5.74, 6) is 1.45. The molecule has 228 valence electrons. The monoisotopic (exact) mass is 557 g/mol. The largest absolute Gasteiger partial charge is 0.462 e. The summed E-state index contributed by atoms with van der Waals surface area (Å²) in [7, 11) is 0. The van der Waals surface area contributed by atoms with Crippen LogP contribution in [0.25, 0.3) is 0 Å². The minimum absolute atomic E-state index is 0. The van der Waals surface area contributed by atoms with Gasteiger partial charge in [-0.2, -0.15) is 0 Å². The van der Waals surface area contributed by atoms with Crippen molar-refractivity contribution >= 4 is 17.7 Å². The molecule has 5 aliphatic carbocycles. The molecule has 0 aromatic carbocycles. The number of nitrogens with one attached hydrogen (secondary N) is 1. The number of fused-ring (bicyclic) bond motifs is 7. The Balaban J connectivity index is 0.00000151. The Hall–Kier alpha value is -1.91. The van der Waals surface area contributed by atoms with Crippen molar-refractivity contribution in [1.82, 2.24) is 5.32 Å². The van der Waals surface area contributed by atoms with Crippen LogP contribution < -0.4 is 5.32 Å². The lowest BCUT2D eigenvalue weighted by atomic mass is 9.37. The molecule has 0 heterocycles. The third-order valence-corrected chi connectivity index (χ3v) is 12.5. The van der Waals surface area contributed by atoms with Crippen molar-refractivity contribution in [3.8, 4) is 0 Å². The molecule has 0 radical (unpaired) electrons. The first kappa shape index (κ1) is 31.0. The van der Waals surface area contributed by atoms with E-state index >= 15 is 0 Å². The molecule has 1 amide bonds. The maximum atomic E-state index is 14.3. The molecule has 5 rings (SSSR count). The minimum atomic E-state index is -0.202. The van der Waals surface area contributed by atoms with Gasteiger partial charge >= 0.3 is 5.97 Å². The second-order valence-electron chi connectivity index (χ2n) is 15.5. The van der Waals surface area contributed by atoms with Gasteiger partial charge in [0.2, 0.25) is 5.91 Å². The van der Waals surface area contributed by atoms with Crippen LogP contribution in [0.2, 0.25) is 0 Å². The summed E-state index contributed by atoms with van der Waals surface area (Å²) < 4.78 is 5.83. The maximum absolute atomic E-state index is 14.3. The number of ether oxygens (including phenoxy) is 1. The number of carbonyl (C=O) groups is 3. The molecular weight excluding hydrogens is 498 g/mol. The Morgan fingerprint density at radius 3 is 2.20 bits per heavy atom. The van der Waals surface area contributed by atoms with Gasteiger partial charge in [-0.15, -0.1) is 13.2 Å². The van der Waals surface area contributed by atoms with Gasteiger partial charge in [-0.3, -0.25) is 14.4 Å². The van der Waals surface area contributed by atoms with Crippen LogP contribution in [-0.2, 0) is 19.1 Å². The average Bonchev–Trinajstić information content (AvgIpc) is 2.85. The van der Waals surface area contributed by atoms with Crippen LogP contribution in [0.4, 0.5) is 0 Å². The summed E-state index contributed by atoms with van der Waals surface area (Å²) in [6.45, 7) is 23.3. The van der Waals surface area contributed by atoms with E-state index in [0.29, 0.717) is 23.5 Å². The standard InChI is InChI=1S/C33H51NO4.C2H4.2H2/c1-19(2)34-29(37)21-9-13-31(6)14-10-23-22(24(31)17-21)18-25(36)28-32(23,7)15-11-26-30(4,5)27(38-20(3)35)12-16-33(26,28)8;1-2;;/h18-19,21,23-24,26-28H,9-17H2,1-8H3,(H,34,37);1-2H2;2*1H/t21?,23?,24-,26-,27?,28?,31+,32-,33-;;;/m0.../s1. The van der Waals surface area contributed by atoms with E-state index in [2.05, 4.69) is 59.2 Å². The summed E-state index contributed by atoms with van der Waals surface area (Å²) in [6.07, 6.45) is 11.1. The van der Waals surface area contributed by atoms with Crippen molar-refractivity contribution in [3.63, 3.8) is 0 Å². The van der Waals surface area contributed by atoms with Crippen molar-refractivity contribution in [2.45, 2.75) is 125 Å². The SMILES string of the molecule is C=C.CC(=O)OC1CC[C@]2(C)C3C(=O)C=C4C(CC[C@@]5(C)CCC(C(=O)NC(C)C)C[C@@H]45)[C@]3(C)CC[C@H]2C1(C)C.[HH].[HH]. The summed E-state index contributed by atoms with van der Waals surface area (Å²) >= 11 is 0. The highest BCUT2D eigenvalue weighted by molar-refractivity contribution is 5.95. The molecular formula is C35H59NO4. The molecule has 4 unspecified atom stereocenters. The number of hydrogen-bond donors (Lipinski definition) is 1. The highest BCUT2D eigenvalue weighted by Crippen LogP contribution is 2.71. The Morgan fingerprint density at radius 2 is 1.57 bits per heavy atom. The fourth-order valence-corrected chi connectivity index (χ4v) is 10.8. The van der Waals surface area contributed by atoms with E-state index in [-0.39, 0.29) is 60.4 Å². The highest BCUT2D eigenvalue weighted by atomic mass is 16.5. The lowest BCUT2D eigenvalue weighted by Gasteiger charge is -2.67. The molecule has 4 fully saturated rings. The van der Waals surface area contributed by atoms with Crippen molar-refractivity contribution in [1.29, 1.82) is 0 Å². The lowest BCUT2D eigenvalue weighted by molar-refractivity contribution is -0.200. The van der Waals surface area contributed by atoms with Gasteiger partial charge in [0.05, 0.1) is 0 Å². The summed E-state index contributed by atoms with van der Waals surface area (Å²) in [6, 6.07) is 0.154. The predicted octanol–water partition coefficient (Wildman–Crippen LogP) is 7.94. The Morgan fingerprint density at radius 1 is 0.950 bits per heavy atom. The van der Waals surface area contributed by atoms with Crippen LogP contribution in [0.3, 0.4) is 0 Å². The molecule has 0 bridgehead atoms. The molecule has 5 aliphatic rings. The van der Waals surface area contributed by atoms with Crippen LogP contribution in [0.1, 0.15) is 116 Å². The molecule has 0 aromatic rings. The normalized spacial score (nSPS) is 43.4. The third kappa shape index (κ3) is 4.81. The van der Waals surface area contributed by atoms with E-state index in [1.807, 2.05) is 13.8 Å². The number of carbonyl (C=O) groups excluding carboxylic acids is 3. The fraction of sp³-hybridized carbons (Fsp3) is 0.800.